The highest BCUT2D eigenvalue weighted by Crippen LogP contribution is 2.36. The summed E-state index contributed by atoms with van der Waals surface area (Å²) in [4.78, 5) is 39.1. The smallest absolute Gasteiger partial charge is 0.307 e. The molecule has 2 fully saturated rings. The van der Waals surface area contributed by atoms with E-state index < -0.39 is 11.9 Å². The van der Waals surface area contributed by atoms with E-state index in [0.29, 0.717) is 43.6 Å². The molecule has 2 aromatic carbocycles. The van der Waals surface area contributed by atoms with E-state index in [-0.39, 0.29) is 24.2 Å². The fraction of sp³-hybridized carbons (Fsp3) is 0.516. The molecular weight excluding hydrogens is 480 g/mol. The molecule has 0 spiro atoms. The van der Waals surface area contributed by atoms with E-state index in [0.717, 1.165) is 24.2 Å². The molecule has 38 heavy (non-hydrogen) atoms. The maximum Gasteiger partial charge on any atom is 0.307 e. The zero-order chi connectivity index (χ0) is 26.9. The molecule has 1 aliphatic heterocycles. The molecule has 0 bridgehead atoms. The van der Waals surface area contributed by atoms with Crippen molar-refractivity contribution in [2.24, 2.45) is 23.7 Å². The van der Waals surface area contributed by atoms with Crippen molar-refractivity contribution in [3.8, 4) is 5.75 Å². The van der Waals surface area contributed by atoms with Crippen LogP contribution in [0.15, 0.2) is 54.6 Å². The number of amides is 2. The summed E-state index contributed by atoms with van der Waals surface area (Å²) in [7, 11) is 0. The maximum atomic E-state index is 12.9. The minimum absolute atomic E-state index is 0.00486. The second-order valence-corrected chi connectivity index (χ2v) is 10.9. The maximum absolute atomic E-state index is 12.9. The minimum atomic E-state index is -0.937. The lowest BCUT2D eigenvalue weighted by atomic mass is 9.82. The molecule has 4 atom stereocenters. The summed E-state index contributed by atoms with van der Waals surface area (Å²) in [6.07, 6.45) is 5.88. The number of rotatable bonds is 12. The van der Waals surface area contributed by atoms with Gasteiger partial charge in [0.05, 0.1) is 12.5 Å². The number of carboxylic acid groups (broad SMARTS) is 1. The van der Waals surface area contributed by atoms with Gasteiger partial charge in [-0.25, -0.2) is 0 Å². The molecule has 4 rings (SSSR count). The third kappa shape index (κ3) is 7.83. The standard InChI is InChI=1S/C31H40N2O5/c1-22(17-23-7-3-2-4-8-23)30(35)32-15-16-38-28-13-11-24(12-14-28)18-27(31(36)37)19-29(34)33-20-25-9-5-6-10-26(25)21-33/h2-4,7-8,11-14,22,25-27H,5-6,9-10,15-21H2,1H3,(H,32,35)(H,36,37). The van der Waals surface area contributed by atoms with Gasteiger partial charge in [0.15, 0.2) is 0 Å². The van der Waals surface area contributed by atoms with E-state index >= 15 is 0 Å². The lowest BCUT2D eigenvalue weighted by molar-refractivity contribution is -0.145. The van der Waals surface area contributed by atoms with Gasteiger partial charge in [0.25, 0.3) is 0 Å². The van der Waals surface area contributed by atoms with Crippen LogP contribution in [0, 0.1) is 23.7 Å². The van der Waals surface area contributed by atoms with Crippen LogP contribution in [0.5, 0.6) is 5.75 Å². The van der Waals surface area contributed by atoms with Gasteiger partial charge in [-0.2, -0.15) is 0 Å². The average Bonchev–Trinajstić information content (AvgIpc) is 3.36. The topological polar surface area (TPSA) is 95.9 Å². The fourth-order valence-electron chi connectivity index (χ4n) is 5.78. The Kier molecular flexibility index (Phi) is 9.79. The lowest BCUT2D eigenvalue weighted by Crippen LogP contribution is -2.33. The third-order valence-corrected chi connectivity index (χ3v) is 8.01. The van der Waals surface area contributed by atoms with Crippen molar-refractivity contribution >= 4 is 17.8 Å². The first kappa shape index (κ1) is 27.7. The molecule has 1 saturated heterocycles. The third-order valence-electron chi connectivity index (χ3n) is 8.01. The molecule has 1 heterocycles. The minimum Gasteiger partial charge on any atom is -0.492 e. The summed E-state index contributed by atoms with van der Waals surface area (Å²) in [5, 5.41) is 12.7. The molecule has 2 aromatic rings. The van der Waals surface area contributed by atoms with Gasteiger partial charge in [-0.3, -0.25) is 14.4 Å². The molecule has 0 aromatic heterocycles. The van der Waals surface area contributed by atoms with Crippen molar-refractivity contribution in [3.05, 3.63) is 65.7 Å². The van der Waals surface area contributed by atoms with Crippen molar-refractivity contribution in [1.82, 2.24) is 10.2 Å². The highest BCUT2D eigenvalue weighted by atomic mass is 16.5. The Morgan fingerprint density at radius 2 is 1.58 bits per heavy atom. The molecule has 0 radical (unpaired) electrons. The number of hydrogen-bond donors (Lipinski definition) is 2. The van der Waals surface area contributed by atoms with Crippen LogP contribution in [-0.4, -0.2) is 54.0 Å². The summed E-state index contributed by atoms with van der Waals surface area (Å²) in [6.45, 7) is 4.23. The van der Waals surface area contributed by atoms with Crippen molar-refractivity contribution in [2.75, 3.05) is 26.2 Å². The van der Waals surface area contributed by atoms with Crippen molar-refractivity contribution in [3.63, 3.8) is 0 Å². The van der Waals surface area contributed by atoms with E-state index in [1.807, 2.05) is 54.3 Å². The average molecular weight is 521 g/mol. The first-order valence-corrected chi connectivity index (χ1v) is 13.9. The van der Waals surface area contributed by atoms with E-state index in [9.17, 15) is 19.5 Å². The Morgan fingerprint density at radius 1 is 0.947 bits per heavy atom. The fourth-order valence-corrected chi connectivity index (χ4v) is 5.78. The van der Waals surface area contributed by atoms with Crippen LogP contribution in [0.1, 0.15) is 50.2 Å². The van der Waals surface area contributed by atoms with Gasteiger partial charge >= 0.3 is 5.97 Å². The number of carbonyl (C=O) groups is 3. The number of fused-ring (bicyclic) bond motifs is 1. The Morgan fingerprint density at radius 3 is 2.21 bits per heavy atom. The Labute approximate surface area is 225 Å². The second-order valence-electron chi connectivity index (χ2n) is 10.9. The molecule has 1 aliphatic carbocycles. The van der Waals surface area contributed by atoms with Gasteiger partial charge < -0.3 is 20.1 Å². The van der Waals surface area contributed by atoms with Gasteiger partial charge in [0.2, 0.25) is 11.8 Å². The van der Waals surface area contributed by atoms with E-state index in [4.69, 9.17) is 4.74 Å². The SMILES string of the molecule is CC(Cc1ccccc1)C(=O)NCCOc1ccc(CC(CC(=O)N2CC3CCCCC3C2)C(=O)O)cc1. The first-order chi connectivity index (χ1) is 18.4. The Hall–Kier alpha value is -3.35. The zero-order valence-electron chi connectivity index (χ0n) is 22.3. The molecule has 2 amide bonds. The molecule has 7 heteroatoms. The Bertz CT molecular complexity index is 1060. The van der Waals surface area contributed by atoms with Crippen LogP contribution < -0.4 is 10.1 Å². The number of hydrogen-bond acceptors (Lipinski definition) is 4. The number of carbonyl (C=O) groups excluding carboxylic acids is 2. The monoisotopic (exact) mass is 520 g/mol. The van der Waals surface area contributed by atoms with Crippen LogP contribution in [-0.2, 0) is 27.2 Å². The normalized spacial score (nSPS) is 20.3. The summed E-state index contributed by atoms with van der Waals surface area (Å²) in [6, 6.07) is 17.3. The number of likely N-dealkylation sites (tertiary alicyclic amines) is 1. The Balaban J connectivity index is 1.18. The van der Waals surface area contributed by atoms with Gasteiger partial charge in [0, 0.05) is 25.4 Å². The van der Waals surface area contributed by atoms with E-state index in [1.54, 1.807) is 12.1 Å². The number of nitrogens with zero attached hydrogens (tertiary/aromatic N) is 1. The number of carboxylic acids is 1. The predicted molar refractivity (Wildman–Crippen MR) is 146 cm³/mol. The van der Waals surface area contributed by atoms with Crippen LogP contribution >= 0.6 is 0 Å². The van der Waals surface area contributed by atoms with Gasteiger partial charge in [0.1, 0.15) is 12.4 Å². The molecule has 4 unspecified atom stereocenters. The van der Waals surface area contributed by atoms with Crippen LogP contribution in [0.25, 0.3) is 0 Å². The van der Waals surface area contributed by atoms with Crippen molar-refractivity contribution < 1.29 is 24.2 Å². The van der Waals surface area contributed by atoms with Crippen LogP contribution in [0.3, 0.4) is 0 Å². The number of nitrogens with one attached hydrogen (secondary N) is 1. The zero-order valence-corrected chi connectivity index (χ0v) is 22.3. The molecule has 1 saturated carbocycles. The summed E-state index contributed by atoms with van der Waals surface area (Å²) in [5.41, 5.74) is 1.99. The molecular formula is C31H40N2O5. The van der Waals surface area contributed by atoms with Crippen LogP contribution in [0.4, 0.5) is 0 Å². The summed E-state index contributed by atoms with van der Waals surface area (Å²) < 4.78 is 5.75. The lowest BCUT2D eigenvalue weighted by Gasteiger charge is -2.22. The van der Waals surface area contributed by atoms with Gasteiger partial charge in [-0.15, -0.1) is 0 Å². The quantitative estimate of drug-likeness (QED) is 0.406. The highest BCUT2D eigenvalue weighted by Gasteiger charge is 2.37. The van der Waals surface area contributed by atoms with E-state index in [2.05, 4.69) is 5.32 Å². The number of benzene rings is 2. The molecule has 7 nitrogen and oxygen atoms in total. The molecule has 2 aliphatic rings. The predicted octanol–water partition coefficient (Wildman–Crippen LogP) is 4.34. The number of ether oxygens (including phenoxy) is 1. The van der Waals surface area contributed by atoms with Crippen molar-refractivity contribution in [2.45, 2.75) is 51.9 Å². The highest BCUT2D eigenvalue weighted by molar-refractivity contribution is 5.82. The van der Waals surface area contributed by atoms with Gasteiger partial charge in [-0.1, -0.05) is 62.2 Å². The number of aliphatic carboxylic acids is 1. The van der Waals surface area contributed by atoms with Crippen molar-refractivity contribution in [1.29, 1.82) is 0 Å². The van der Waals surface area contributed by atoms with Gasteiger partial charge in [-0.05, 0) is 60.8 Å². The largest absolute Gasteiger partial charge is 0.492 e. The van der Waals surface area contributed by atoms with E-state index in [1.165, 1.54) is 25.7 Å². The molecule has 204 valence electrons. The second kappa shape index (κ2) is 13.4. The summed E-state index contributed by atoms with van der Waals surface area (Å²) in [5.74, 6) is -0.00785. The summed E-state index contributed by atoms with van der Waals surface area (Å²) >= 11 is 0. The molecule has 2 N–H and O–H groups in total. The first-order valence-electron chi connectivity index (χ1n) is 13.9. The van der Waals surface area contributed by atoms with Crippen LogP contribution in [0.2, 0.25) is 0 Å².